The van der Waals surface area contributed by atoms with Gasteiger partial charge in [-0.05, 0) is 30.5 Å². The number of amides is 1. The predicted octanol–water partition coefficient (Wildman–Crippen LogP) is 3.01. The van der Waals surface area contributed by atoms with Gasteiger partial charge in [0, 0.05) is 36.3 Å². The smallest absolute Gasteiger partial charge is 0.293 e. The van der Waals surface area contributed by atoms with Crippen molar-refractivity contribution in [2.24, 2.45) is 0 Å². The maximum Gasteiger partial charge on any atom is 0.293 e. The molecule has 2 aromatic rings. The molecule has 0 aromatic heterocycles. The lowest BCUT2D eigenvalue weighted by molar-refractivity contribution is -0.384. The Balaban J connectivity index is 1.67. The van der Waals surface area contributed by atoms with Crippen LogP contribution in [-0.4, -0.2) is 21.8 Å². The van der Waals surface area contributed by atoms with Gasteiger partial charge in [0.2, 0.25) is 0 Å². The SMILES string of the molecule is O=C(NCc1ccc([N+](=O)[O-])cc1)c1ccc(NC2CC2)c([N+](=O)[O-])c1. The lowest BCUT2D eigenvalue weighted by Gasteiger charge is -2.09. The number of nitrogens with one attached hydrogen (secondary N) is 2. The van der Waals surface area contributed by atoms with Crippen molar-refractivity contribution in [2.75, 3.05) is 5.32 Å². The second-order valence-corrected chi connectivity index (χ2v) is 6.01. The summed E-state index contributed by atoms with van der Waals surface area (Å²) in [4.78, 5) is 33.1. The predicted molar refractivity (Wildman–Crippen MR) is 94.0 cm³/mol. The molecule has 2 aromatic carbocycles. The number of nitrogens with zero attached hydrogens (tertiary/aromatic N) is 2. The van der Waals surface area contributed by atoms with Gasteiger partial charge in [-0.1, -0.05) is 12.1 Å². The molecule has 1 saturated carbocycles. The molecule has 26 heavy (non-hydrogen) atoms. The van der Waals surface area contributed by atoms with E-state index in [0.717, 1.165) is 12.8 Å². The van der Waals surface area contributed by atoms with Gasteiger partial charge < -0.3 is 10.6 Å². The van der Waals surface area contributed by atoms with Crippen LogP contribution in [0.4, 0.5) is 17.1 Å². The highest BCUT2D eigenvalue weighted by molar-refractivity contribution is 5.95. The van der Waals surface area contributed by atoms with E-state index in [2.05, 4.69) is 10.6 Å². The Bertz CT molecular complexity index is 862. The molecule has 0 radical (unpaired) electrons. The Morgan fingerprint density at radius 1 is 1.04 bits per heavy atom. The number of carbonyl (C=O) groups is 1. The first-order chi connectivity index (χ1) is 12.4. The van der Waals surface area contributed by atoms with E-state index in [1.807, 2.05) is 0 Å². The van der Waals surface area contributed by atoms with Crippen LogP contribution in [-0.2, 0) is 6.54 Å². The maximum absolute atomic E-state index is 12.3. The number of hydrogen-bond donors (Lipinski definition) is 2. The molecule has 1 aliphatic rings. The lowest BCUT2D eigenvalue weighted by atomic mass is 10.1. The summed E-state index contributed by atoms with van der Waals surface area (Å²) in [6.45, 7) is 0.159. The number of anilines is 1. The first-order valence-corrected chi connectivity index (χ1v) is 8.00. The second kappa shape index (κ2) is 7.18. The zero-order chi connectivity index (χ0) is 18.7. The summed E-state index contributed by atoms with van der Waals surface area (Å²) in [7, 11) is 0. The minimum absolute atomic E-state index is 0.0329. The van der Waals surface area contributed by atoms with Gasteiger partial charge in [-0.3, -0.25) is 25.0 Å². The summed E-state index contributed by atoms with van der Waals surface area (Å²) in [5.41, 5.74) is 1.10. The number of nitro benzene ring substituents is 2. The van der Waals surface area contributed by atoms with E-state index in [9.17, 15) is 25.0 Å². The molecule has 9 heteroatoms. The Morgan fingerprint density at radius 3 is 2.31 bits per heavy atom. The van der Waals surface area contributed by atoms with Crippen molar-refractivity contribution in [3.05, 3.63) is 73.8 Å². The van der Waals surface area contributed by atoms with Gasteiger partial charge in [-0.2, -0.15) is 0 Å². The lowest BCUT2D eigenvalue weighted by Crippen LogP contribution is -2.23. The van der Waals surface area contributed by atoms with E-state index in [-0.39, 0.29) is 29.5 Å². The van der Waals surface area contributed by atoms with Crippen LogP contribution in [0.25, 0.3) is 0 Å². The molecular formula is C17H16N4O5. The normalized spacial score (nSPS) is 13.1. The van der Waals surface area contributed by atoms with Crippen molar-refractivity contribution in [3.8, 4) is 0 Å². The van der Waals surface area contributed by atoms with Crippen LogP contribution in [0.5, 0.6) is 0 Å². The van der Waals surface area contributed by atoms with Gasteiger partial charge in [0.05, 0.1) is 9.85 Å². The molecule has 0 spiro atoms. The van der Waals surface area contributed by atoms with Gasteiger partial charge in [-0.15, -0.1) is 0 Å². The number of rotatable bonds is 7. The number of carbonyl (C=O) groups excluding carboxylic acids is 1. The average Bonchev–Trinajstić information content (AvgIpc) is 3.44. The zero-order valence-corrected chi connectivity index (χ0v) is 13.7. The van der Waals surface area contributed by atoms with Crippen molar-refractivity contribution in [3.63, 3.8) is 0 Å². The molecule has 0 unspecified atom stereocenters. The third-order valence-electron chi connectivity index (χ3n) is 3.99. The Labute approximate surface area is 148 Å². The van der Waals surface area contributed by atoms with Gasteiger partial charge in [0.1, 0.15) is 5.69 Å². The van der Waals surface area contributed by atoms with E-state index in [4.69, 9.17) is 0 Å². The van der Waals surface area contributed by atoms with E-state index in [1.54, 1.807) is 12.1 Å². The quantitative estimate of drug-likeness (QED) is 0.580. The Hall–Kier alpha value is -3.49. The third kappa shape index (κ3) is 4.12. The topological polar surface area (TPSA) is 127 Å². The fourth-order valence-corrected chi connectivity index (χ4v) is 2.41. The Kier molecular flexibility index (Phi) is 4.78. The summed E-state index contributed by atoms with van der Waals surface area (Å²) in [6.07, 6.45) is 1.96. The van der Waals surface area contributed by atoms with Crippen molar-refractivity contribution in [2.45, 2.75) is 25.4 Å². The molecular weight excluding hydrogens is 340 g/mol. The van der Waals surface area contributed by atoms with Crippen LogP contribution in [0.15, 0.2) is 42.5 Å². The van der Waals surface area contributed by atoms with Gasteiger partial charge in [-0.25, -0.2) is 0 Å². The second-order valence-electron chi connectivity index (χ2n) is 6.01. The van der Waals surface area contributed by atoms with Gasteiger partial charge >= 0.3 is 0 Å². The van der Waals surface area contributed by atoms with Crippen LogP contribution in [0.2, 0.25) is 0 Å². The van der Waals surface area contributed by atoms with Gasteiger partial charge in [0.15, 0.2) is 0 Å². The van der Waals surface area contributed by atoms with Gasteiger partial charge in [0.25, 0.3) is 17.3 Å². The fourth-order valence-electron chi connectivity index (χ4n) is 2.41. The van der Waals surface area contributed by atoms with E-state index in [0.29, 0.717) is 11.3 Å². The van der Waals surface area contributed by atoms with Crippen molar-refractivity contribution in [1.82, 2.24) is 5.32 Å². The molecule has 0 heterocycles. The molecule has 3 rings (SSSR count). The van der Waals surface area contributed by atoms with Crippen molar-refractivity contribution >= 4 is 23.0 Å². The molecule has 0 saturated heterocycles. The molecule has 1 fully saturated rings. The van der Waals surface area contributed by atoms with Crippen molar-refractivity contribution < 1.29 is 14.6 Å². The summed E-state index contributed by atoms with van der Waals surface area (Å²) < 4.78 is 0. The summed E-state index contributed by atoms with van der Waals surface area (Å²) >= 11 is 0. The highest BCUT2D eigenvalue weighted by Crippen LogP contribution is 2.31. The van der Waals surface area contributed by atoms with Crippen LogP contribution in [0, 0.1) is 20.2 Å². The standard InChI is InChI=1S/C17H16N4O5/c22-17(18-10-11-1-6-14(7-2-11)20(23)24)12-3-8-15(19-13-4-5-13)16(9-12)21(25)26/h1-3,6-9,13,19H,4-5,10H2,(H,18,22). The average molecular weight is 356 g/mol. The molecule has 134 valence electrons. The molecule has 2 N–H and O–H groups in total. The van der Waals surface area contributed by atoms with Crippen molar-refractivity contribution in [1.29, 1.82) is 0 Å². The molecule has 0 atom stereocenters. The maximum atomic E-state index is 12.3. The molecule has 1 aliphatic carbocycles. The highest BCUT2D eigenvalue weighted by atomic mass is 16.6. The first-order valence-electron chi connectivity index (χ1n) is 8.00. The van der Waals surface area contributed by atoms with Crippen LogP contribution in [0.1, 0.15) is 28.8 Å². The molecule has 0 bridgehead atoms. The van der Waals surface area contributed by atoms with E-state index < -0.39 is 15.8 Å². The monoisotopic (exact) mass is 356 g/mol. The largest absolute Gasteiger partial charge is 0.377 e. The summed E-state index contributed by atoms with van der Waals surface area (Å²) in [5, 5.41) is 27.6. The van der Waals surface area contributed by atoms with E-state index in [1.165, 1.54) is 30.3 Å². The van der Waals surface area contributed by atoms with Crippen LogP contribution >= 0.6 is 0 Å². The molecule has 9 nitrogen and oxygen atoms in total. The van der Waals surface area contributed by atoms with Crippen LogP contribution < -0.4 is 10.6 Å². The number of nitro groups is 2. The highest BCUT2D eigenvalue weighted by Gasteiger charge is 2.25. The van der Waals surface area contributed by atoms with E-state index >= 15 is 0 Å². The first kappa shape index (κ1) is 17.3. The number of hydrogen-bond acceptors (Lipinski definition) is 6. The Morgan fingerprint density at radius 2 is 1.73 bits per heavy atom. The number of benzene rings is 2. The summed E-state index contributed by atoms with van der Waals surface area (Å²) in [5.74, 6) is -0.454. The molecule has 1 amide bonds. The number of non-ortho nitro benzene ring substituents is 1. The van der Waals surface area contributed by atoms with Crippen LogP contribution in [0.3, 0.4) is 0 Å². The minimum atomic E-state index is -0.516. The fraction of sp³-hybridized carbons (Fsp3) is 0.235. The zero-order valence-electron chi connectivity index (χ0n) is 13.7. The minimum Gasteiger partial charge on any atom is -0.377 e. The summed E-state index contributed by atoms with van der Waals surface area (Å²) in [6, 6.07) is 10.4. The third-order valence-corrected chi connectivity index (χ3v) is 3.99. The molecule has 0 aliphatic heterocycles.